The summed E-state index contributed by atoms with van der Waals surface area (Å²) in [5, 5.41) is 3.32. The highest BCUT2D eigenvalue weighted by Crippen LogP contribution is 2.22. The molecule has 118 valence electrons. The molecular weight excluding hydrogens is 252 g/mol. The summed E-state index contributed by atoms with van der Waals surface area (Å²) in [6.45, 7) is 14.0. The number of ether oxygens (including phenoxy) is 1. The molecule has 0 aromatic rings. The Morgan fingerprint density at radius 2 is 1.85 bits per heavy atom. The number of piperazine rings is 1. The van der Waals surface area contributed by atoms with Crippen molar-refractivity contribution in [3.8, 4) is 0 Å². The van der Waals surface area contributed by atoms with E-state index >= 15 is 0 Å². The normalized spacial score (nSPS) is 20.9. The fourth-order valence-electron chi connectivity index (χ4n) is 3.07. The molecule has 1 unspecified atom stereocenters. The van der Waals surface area contributed by atoms with E-state index in [1.807, 2.05) is 6.92 Å². The van der Waals surface area contributed by atoms with E-state index in [0.717, 1.165) is 25.9 Å². The van der Waals surface area contributed by atoms with E-state index in [0.29, 0.717) is 31.0 Å². The van der Waals surface area contributed by atoms with Crippen molar-refractivity contribution in [3.05, 3.63) is 0 Å². The number of carbonyl (C=O) groups excluding carboxylic acids is 1. The van der Waals surface area contributed by atoms with Gasteiger partial charge in [0.2, 0.25) is 0 Å². The largest absolute Gasteiger partial charge is 0.465 e. The molecule has 4 nitrogen and oxygen atoms in total. The summed E-state index contributed by atoms with van der Waals surface area (Å²) < 4.78 is 5.25. The van der Waals surface area contributed by atoms with Crippen molar-refractivity contribution in [2.24, 2.45) is 11.8 Å². The molecule has 1 fully saturated rings. The van der Waals surface area contributed by atoms with E-state index in [9.17, 15) is 4.79 Å². The molecule has 1 rings (SSSR count). The molecule has 1 heterocycles. The zero-order chi connectivity index (χ0) is 15.1. The maximum Gasteiger partial charge on any atom is 0.324 e. The second-order valence-corrected chi connectivity index (χ2v) is 6.62. The quantitative estimate of drug-likeness (QED) is 0.728. The minimum atomic E-state index is -0.119. The van der Waals surface area contributed by atoms with Crippen LogP contribution < -0.4 is 5.32 Å². The average molecular weight is 284 g/mol. The van der Waals surface area contributed by atoms with E-state index in [1.165, 1.54) is 0 Å². The second-order valence-electron chi connectivity index (χ2n) is 6.62. The van der Waals surface area contributed by atoms with Crippen LogP contribution in [0.2, 0.25) is 0 Å². The van der Waals surface area contributed by atoms with E-state index in [4.69, 9.17) is 4.74 Å². The highest BCUT2D eigenvalue weighted by molar-refractivity contribution is 5.76. The molecular formula is C16H32N2O2. The molecule has 1 aliphatic rings. The summed E-state index contributed by atoms with van der Waals surface area (Å²) in [5.74, 6) is 1.23. The van der Waals surface area contributed by atoms with Gasteiger partial charge in [0.05, 0.1) is 6.61 Å². The SMILES string of the molecule is CCOC(=O)C1CNCCN1C(CC(C)C)CC(C)C. The first-order valence-corrected chi connectivity index (χ1v) is 8.08. The summed E-state index contributed by atoms with van der Waals surface area (Å²) in [7, 11) is 0. The van der Waals surface area contributed by atoms with Gasteiger partial charge in [0.15, 0.2) is 0 Å². The van der Waals surface area contributed by atoms with Crippen molar-refractivity contribution in [1.29, 1.82) is 0 Å². The molecule has 1 N–H and O–H groups in total. The molecule has 1 aliphatic heterocycles. The first kappa shape index (κ1) is 17.4. The first-order chi connectivity index (χ1) is 9.45. The second kappa shape index (κ2) is 8.63. The lowest BCUT2D eigenvalue weighted by Crippen LogP contribution is -2.59. The topological polar surface area (TPSA) is 41.6 Å². The number of nitrogens with one attached hydrogen (secondary N) is 1. The van der Waals surface area contributed by atoms with Crippen LogP contribution in [0.4, 0.5) is 0 Å². The lowest BCUT2D eigenvalue weighted by molar-refractivity contribution is -0.151. The van der Waals surface area contributed by atoms with Crippen LogP contribution in [-0.2, 0) is 9.53 Å². The number of hydrogen-bond acceptors (Lipinski definition) is 4. The van der Waals surface area contributed by atoms with Crippen molar-refractivity contribution in [3.63, 3.8) is 0 Å². The maximum atomic E-state index is 12.2. The van der Waals surface area contributed by atoms with Gasteiger partial charge in [-0.1, -0.05) is 27.7 Å². The third-order valence-corrected chi connectivity index (χ3v) is 3.80. The Bertz CT molecular complexity index is 282. The smallest absolute Gasteiger partial charge is 0.324 e. The Balaban J connectivity index is 2.79. The molecule has 0 aromatic carbocycles. The third kappa shape index (κ3) is 5.41. The number of nitrogens with zero attached hydrogens (tertiary/aromatic N) is 1. The van der Waals surface area contributed by atoms with Crippen molar-refractivity contribution in [2.75, 3.05) is 26.2 Å². The predicted molar refractivity (Wildman–Crippen MR) is 82.7 cm³/mol. The van der Waals surface area contributed by atoms with E-state index in [2.05, 4.69) is 37.9 Å². The van der Waals surface area contributed by atoms with Gasteiger partial charge in [-0.15, -0.1) is 0 Å². The number of esters is 1. The van der Waals surface area contributed by atoms with Gasteiger partial charge in [-0.05, 0) is 31.6 Å². The molecule has 0 saturated carbocycles. The Labute approximate surface area is 124 Å². The van der Waals surface area contributed by atoms with Gasteiger partial charge < -0.3 is 10.1 Å². The molecule has 0 aromatic heterocycles. The zero-order valence-electron chi connectivity index (χ0n) is 13.8. The monoisotopic (exact) mass is 284 g/mol. The lowest BCUT2D eigenvalue weighted by Gasteiger charge is -2.41. The van der Waals surface area contributed by atoms with Crippen molar-refractivity contribution in [2.45, 2.75) is 59.5 Å². The van der Waals surface area contributed by atoms with Gasteiger partial charge in [-0.25, -0.2) is 0 Å². The molecule has 4 heteroatoms. The standard InChI is InChI=1S/C16H32N2O2/c1-6-20-16(19)15-11-17-7-8-18(15)14(9-12(2)3)10-13(4)5/h12-15,17H,6-11H2,1-5H3. The van der Waals surface area contributed by atoms with Gasteiger partial charge in [-0.3, -0.25) is 9.69 Å². The Kier molecular flexibility index (Phi) is 7.52. The minimum Gasteiger partial charge on any atom is -0.465 e. The molecule has 20 heavy (non-hydrogen) atoms. The molecule has 1 atom stereocenters. The van der Waals surface area contributed by atoms with Crippen LogP contribution in [0.25, 0.3) is 0 Å². The molecule has 1 saturated heterocycles. The van der Waals surface area contributed by atoms with Gasteiger partial charge in [0.25, 0.3) is 0 Å². The van der Waals surface area contributed by atoms with Crippen LogP contribution >= 0.6 is 0 Å². The number of rotatable bonds is 7. The van der Waals surface area contributed by atoms with Crippen molar-refractivity contribution >= 4 is 5.97 Å². The van der Waals surface area contributed by atoms with Gasteiger partial charge in [-0.2, -0.15) is 0 Å². The Hall–Kier alpha value is -0.610. The predicted octanol–water partition coefficient (Wildman–Crippen LogP) is 2.28. The fourth-order valence-corrected chi connectivity index (χ4v) is 3.07. The van der Waals surface area contributed by atoms with Crippen LogP contribution in [0.3, 0.4) is 0 Å². The van der Waals surface area contributed by atoms with Crippen LogP contribution in [-0.4, -0.2) is 49.2 Å². The maximum absolute atomic E-state index is 12.2. The van der Waals surface area contributed by atoms with Gasteiger partial charge in [0, 0.05) is 25.7 Å². The van der Waals surface area contributed by atoms with Crippen LogP contribution in [0.1, 0.15) is 47.5 Å². The number of hydrogen-bond donors (Lipinski definition) is 1. The zero-order valence-corrected chi connectivity index (χ0v) is 13.8. The third-order valence-electron chi connectivity index (χ3n) is 3.80. The number of carbonyl (C=O) groups is 1. The van der Waals surface area contributed by atoms with E-state index in [-0.39, 0.29) is 12.0 Å². The van der Waals surface area contributed by atoms with Crippen LogP contribution in [0.5, 0.6) is 0 Å². The molecule has 0 spiro atoms. The lowest BCUT2D eigenvalue weighted by atomic mass is 9.92. The summed E-state index contributed by atoms with van der Waals surface area (Å²) in [6, 6.07) is 0.359. The van der Waals surface area contributed by atoms with Gasteiger partial charge >= 0.3 is 5.97 Å². The van der Waals surface area contributed by atoms with E-state index in [1.54, 1.807) is 0 Å². The Morgan fingerprint density at radius 1 is 1.25 bits per heavy atom. The highest BCUT2D eigenvalue weighted by Gasteiger charge is 2.34. The summed E-state index contributed by atoms with van der Waals surface area (Å²) in [4.78, 5) is 14.6. The molecule has 0 aliphatic carbocycles. The first-order valence-electron chi connectivity index (χ1n) is 8.08. The summed E-state index contributed by atoms with van der Waals surface area (Å²) in [6.07, 6.45) is 2.29. The molecule has 0 bridgehead atoms. The molecule has 0 amide bonds. The molecule has 0 radical (unpaired) electrons. The summed E-state index contributed by atoms with van der Waals surface area (Å²) in [5.41, 5.74) is 0. The van der Waals surface area contributed by atoms with Crippen LogP contribution in [0, 0.1) is 11.8 Å². The summed E-state index contributed by atoms with van der Waals surface area (Å²) >= 11 is 0. The van der Waals surface area contributed by atoms with Gasteiger partial charge in [0.1, 0.15) is 6.04 Å². The van der Waals surface area contributed by atoms with Crippen LogP contribution in [0.15, 0.2) is 0 Å². The Morgan fingerprint density at radius 3 is 2.35 bits per heavy atom. The van der Waals surface area contributed by atoms with E-state index < -0.39 is 0 Å². The fraction of sp³-hybridized carbons (Fsp3) is 0.938. The highest BCUT2D eigenvalue weighted by atomic mass is 16.5. The average Bonchev–Trinajstić information content (AvgIpc) is 2.37. The minimum absolute atomic E-state index is 0.0720. The van der Waals surface area contributed by atoms with Crippen molar-refractivity contribution < 1.29 is 9.53 Å². The van der Waals surface area contributed by atoms with Crippen molar-refractivity contribution in [1.82, 2.24) is 10.2 Å².